The first-order valence-corrected chi connectivity index (χ1v) is 9.17. The highest BCUT2D eigenvalue weighted by Crippen LogP contribution is 2.13. The maximum atomic E-state index is 3.45. The van der Waals surface area contributed by atoms with Crippen molar-refractivity contribution in [1.82, 2.24) is 0 Å². The largest absolute Gasteiger partial charge is 0.0839 e. The lowest BCUT2D eigenvalue weighted by atomic mass is 10.1. The Morgan fingerprint density at radius 3 is 1.32 bits per heavy atom. The second-order valence-corrected chi connectivity index (χ2v) is 7.02. The van der Waals surface area contributed by atoms with E-state index in [9.17, 15) is 0 Å². The fraction of sp³-hybridized carbons (Fsp3) is 0.200. The minimum atomic E-state index is 1.13. The quantitative estimate of drug-likeness (QED) is 0.407. The third kappa shape index (κ3) is 6.76. The van der Waals surface area contributed by atoms with Gasteiger partial charge in [0.15, 0.2) is 0 Å². The molecule has 0 saturated carbocycles. The minimum absolute atomic E-state index is 1.13. The van der Waals surface area contributed by atoms with Crippen LogP contribution in [0.1, 0.15) is 36.8 Å². The highest BCUT2D eigenvalue weighted by Gasteiger charge is 1.89. The number of hydrogen-bond donors (Lipinski definition) is 0. The summed E-state index contributed by atoms with van der Waals surface area (Å²) in [4.78, 5) is 0. The van der Waals surface area contributed by atoms with E-state index in [1.165, 1.54) is 24.0 Å². The molecule has 2 heteroatoms. The summed E-state index contributed by atoms with van der Waals surface area (Å²) in [6, 6.07) is 16.8. The Labute approximate surface area is 150 Å². The minimum Gasteiger partial charge on any atom is -0.0839 e. The van der Waals surface area contributed by atoms with E-state index in [1.54, 1.807) is 0 Å². The first-order valence-electron chi connectivity index (χ1n) is 7.58. The average Bonchev–Trinajstić information content (AvgIpc) is 2.53. The fourth-order valence-electron chi connectivity index (χ4n) is 2.11. The van der Waals surface area contributed by atoms with Crippen LogP contribution in [0.5, 0.6) is 0 Å². The van der Waals surface area contributed by atoms with E-state index < -0.39 is 0 Å². The molecule has 0 aromatic heterocycles. The van der Waals surface area contributed by atoms with Crippen molar-refractivity contribution in [2.75, 3.05) is 0 Å². The predicted molar refractivity (Wildman–Crippen MR) is 105 cm³/mol. The molecule has 0 saturated heterocycles. The number of unbranched alkanes of at least 4 members (excludes halogenated alkanes) is 3. The number of halogens is 2. The molecule has 0 aliphatic rings. The highest BCUT2D eigenvalue weighted by atomic mass is 79.9. The average molecular weight is 420 g/mol. The first-order chi connectivity index (χ1) is 10.7. The van der Waals surface area contributed by atoms with Gasteiger partial charge >= 0.3 is 0 Å². The zero-order valence-corrected chi connectivity index (χ0v) is 15.7. The van der Waals surface area contributed by atoms with Crippen molar-refractivity contribution in [3.05, 3.63) is 80.8 Å². The molecule has 114 valence electrons. The second kappa shape index (κ2) is 9.81. The van der Waals surface area contributed by atoms with Gasteiger partial charge in [-0.1, -0.05) is 80.4 Å². The van der Waals surface area contributed by atoms with E-state index in [1.807, 2.05) is 0 Å². The Morgan fingerprint density at radius 1 is 0.591 bits per heavy atom. The molecule has 0 amide bonds. The summed E-state index contributed by atoms with van der Waals surface area (Å²) in [5.74, 6) is 0. The molecule has 2 aromatic carbocycles. The van der Waals surface area contributed by atoms with Gasteiger partial charge < -0.3 is 0 Å². The van der Waals surface area contributed by atoms with Crippen molar-refractivity contribution in [2.24, 2.45) is 0 Å². The molecule has 0 atom stereocenters. The summed E-state index contributed by atoms with van der Waals surface area (Å²) >= 11 is 6.90. The monoisotopic (exact) mass is 418 g/mol. The lowest BCUT2D eigenvalue weighted by Gasteiger charge is -1.96. The molecule has 2 rings (SSSR count). The molecule has 0 nitrogen and oxygen atoms in total. The topological polar surface area (TPSA) is 0 Å². The summed E-state index contributed by atoms with van der Waals surface area (Å²) in [7, 11) is 0. The molecule has 0 bridgehead atoms. The van der Waals surface area contributed by atoms with Gasteiger partial charge in [-0.15, -0.1) is 0 Å². The van der Waals surface area contributed by atoms with Crippen molar-refractivity contribution in [1.29, 1.82) is 0 Å². The molecule has 0 heterocycles. The molecular weight excluding hydrogens is 400 g/mol. The van der Waals surface area contributed by atoms with Crippen molar-refractivity contribution in [2.45, 2.75) is 25.7 Å². The van der Waals surface area contributed by atoms with Crippen molar-refractivity contribution >= 4 is 44.0 Å². The van der Waals surface area contributed by atoms with Gasteiger partial charge in [0.2, 0.25) is 0 Å². The molecule has 0 N–H and O–H groups in total. The number of hydrogen-bond acceptors (Lipinski definition) is 0. The van der Waals surface area contributed by atoms with Gasteiger partial charge in [0, 0.05) is 8.95 Å². The predicted octanol–water partition coefficient (Wildman–Crippen LogP) is 7.50. The van der Waals surface area contributed by atoms with E-state index in [0.29, 0.717) is 0 Å². The highest BCUT2D eigenvalue weighted by molar-refractivity contribution is 9.10. The van der Waals surface area contributed by atoms with E-state index in [0.717, 1.165) is 21.8 Å². The smallest absolute Gasteiger partial charge is 0.0175 e. The number of allylic oxidation sites excluding steroid dienone is 2. The third-order valence-electron chi connectivity index (χ3n) is 3.35. The first kappa shape index (κ1) is 17.2. The van der Waals surface area contributed by atoms with Crippen molar-refractivity contribution in [3.8, 4) is 0 Å². The van der Waals surface area contributed by atoms with Gasteiger partial charge in [-0.2, -0.15) is 0 Å². The third-order valence-corrected chi connectivity index (χ3v) is 4.41. The van der Waals surface area contributed by atoms with Crippen molar-refractivity contribution < 1.29 is 0 Å². The molecule has 2 aromatic rings. The lowest BCUT2D eigenvalue weighted by Crippen LogP contribution is -1.75. The SMILES string of the molecule is Brc1ccc(C=CCCCCC=Cc2ccc(Br)cc2)cc1. The molecule has 0 unspecified atom stereocenters. The Hall–Kier alpha value is -1.12. The van der Waals surface area contributed by atoms with Crippen LogP contribution >= 0.6 is 31.9 Å². The summed E-state index contributed by atoms with van der Waals surface area (Å²) < 4.78 is 2.25. The molecule has 0 fully saturated rings. The van der Waals surface area contributed by atoms with Gasteiger partial charge in [-0.05, 0) is 61.1 Å². The molecule has 0 aliphatic carbocycles. The summed E-state index contributed by atoms with van der Waals surface area (Å²) in [6.45, 7) is 0. The van der Waals surface area contributed by atoms with Gasteiger partial charge in [-0.3, -0.25) is 0 Å². The molecule has 0 aliphatic heterocycles. The van der Waals surface area contributed by atoms with Gasteiger partial charge in [-0.25, -0.2) is 0 Å². The summed E-state index contributed by atoms with van der Waals surface area (Å²) in [5, 5.41) is 0. The van der Waals surface area contributed by atoms with Gasteiger partial charge in [0.1, 0.15) is 0 Å². The van der Waals surface area contributed by atoms with E-state index in [2.05, 4.69) is 105 Å². The second-order valence-electron chi connectivity index (χ2n) is 5.19. The molecule has 0 spiro atoms. The van der Waals surface area contributed by atoms with Crippen LogP contribution in [-0.4, -0.2) is 0 Å². The Morgan fingerprint density at radius 2 is 0.955 bits per heavy atom. The summed E-state index contributed by atoms with van der Waals surface area (Å²) in [6.07, 6.45) is 13.7. The van der Waals surface area contributed by atoms with Gasteiger partial charge in [0.25, 0.3) is 0 Å². The molecule has 22 heavy (non-hydrogen) atoms. The van der Waals surface area contributed by atoms with Crippen LogP contribution in [0.15, 0.2) is 69.6 Å². The number of rotatable bonds is 7. The van der Waals surface area contributed by atoms with Crippen LogP contribution in [0.25, 0.3) is 12.2 Å². The Bertz CT molecular complexity index is 550. The fourth-order valence-corrected chi connectivity index (χ4v) is 2.64. The zero-order chi connectivity index (χ0) is 15.6. The van der Waals surface area contributed by atoms with Gasteiger partial charge in [0.05, 0.1) is 0 Å². The molecular formula is C20H20Br2. The van der Waals surface area contributed by atoms with Crippen LogP contribution in [-0.2, 0) is 0 Å². The van der Waals surface area contributed by atoms with E-state index in [4.69, 9.17) is 0 Å². The normalized spacial score (nSPS) is 11.5. The van der Waals surface area contributed by atoms with Crippen molar-refractivity contribution in [3.63, 3.8) is 0 Å². The maximum absolute atomic E-state index is 3.45. The van der Waals surface area contributed by atoms with Crippen LogP contribution < -0.4 is 0 Å². The maximum Gasteiger partial charge on any atom is 0.0175 e. The summed E-state index contributed by atoms with van der Waals surface area (Å²) in [5.41, 5.74) is 2.52. The standard InChI is InChI=1S/C20H20Br2/c21-19-13-9-17(10-14-19)7-5-3-1-2-4-6-8-18-11-15-20(22)16-12-18/h5-16H,1-4H2. The van der Waals surface area contributed by atoms with Crippen LogP contribution in [0.3, 0.4) is 0 Å². The lowest BCUT2D eigenvalue weighted by molar-refractivity contribution is 0.765. The zero-order valence-electron chi connectivity index (χ0n) is 12.5. The Kier molecular flexibility index (Phi) is 7.68. The van der Waals surface area contributed by atoms with E-state index >= 15 is 0 Å². The van der Waals surface area contributed by atoms with Crippen LogP contribution in [0, 0.1) is 0 Å². The van der Waals surface area contributed by atoms with Crippen LogP contribution in [0.4, 0.5) is 0 Å². The Balaban J connectivity index is 1.61. The van der Waals surface area contributed by atoms with E-state index in [-0.39, 0.29) is 0 Å². The molecule has 0 radical (unpaired) electrons. The number of benzene rings is 2. The van der Waals surface area contributed by atoms with Crippen LogP contribution in [0.2, 0.25) is 0 Å².